The average Bonchev–Trinajstić information content (AvgIpc) is 3.16. The van der Waals surface area contributed by atoms with Gasteiger partial charge in [-0.25, -0.2) is 12.7 Å². The quantitative estimate of drug-likeness (QED) is 0.498. The Morgan fingerprint density at radius 1 is 1.45 bits per heavy atom. The predicted octanol–water partition coefficient (Wildman–Crippen LogP) is 0.0351. The third-order valence-electron chi connectivity index (χ3n) is 3.32. The first-order valence-electron chi connectivity index (χ1n) is 7.35. The highest BCUT2D eigenvalue weighted by Crippen LogP contribution is 2.28. The molecule has 1 aliphatic rings. The van der Waals surface area contributed by atoms with Crippen molar-refractivity contribution in [3.05, 3.63) is 0 Å². The zero-order valence-electron chi connectivity index (χ0n) is 12.5. The van der Waals surface area contributed by atoms with Crippen molar-refractivity contribution in [2.45, 2.75) is 32.3 Å². The molecule has 0 spiro atoms. The van der Waals surface area contributed by atoms with Crippen LogP contribution in [0, 0.1) is 5.92 Å². The maximum atomic E-state index is 11.4. The number of rotatable bonds is 12. The molecule has 1 aliphatic carbocycles. The highest BCUT2D eigenvalue weighted by molar-refractivity contribution is 7.88. The van der Waals surface area contributed by atoms with Gasteiger partial charge in [0.2, 0.25) is 10.0 Å². The van der Waals surface area contributed by atoms with E-state index in [9.17, 15) is 13.5 Å². The summed E-state index contributed by atoms with van der Waals surface area (Å²) in [4.78, 5) is 0. The van der Waals surface area contributed by atoms with Crippen LogP contribution in [0.25, 0.3) is 0 Å². The van der Waals surface area contributed by atoms with Gasteiger partial charge in [0.05, 0.1) is 19.0 Å². The molecule has 0 aliphatic heterocycles. The smallest absolute Gasteiger partial charge is 0.211 e. The highest BCUT2D eigenvalue weighted by atomic mass is 32.2. The molecule has 120 valence electrons. The second-order valence-electron chi connectivity index (χ2n) is 5.45. The zero-order valence-corrected chi connectivity index (χ0v) is 13.4. The predicted molar refractivity (Wildman–Crippen MR) is 79.1 cm³/mol. The Labute approximate surface area is 122 Å². The van der Waals surface area contributed by atoms with Crippen molar-refractivity contribution in [3.63, 3.8) is 0 Å². The van der Waals surface area contributed by atoms with Gasteiger partial charge in [-0.15, -0.1) is 0 Å². The minimum atomic E-state index is -3.10. The van der Waals surface area contributed by atoms with Crippen LogP contribution in [0.4, 0.5) is 0 Å². The molecule has 0 amide bonds. The number of sulfonamides is 1. The second kappa shape index (κ2) is 8.94. The number of aliphatic hydroxyl groups excluding tert-OH is 1. The summed E-state index contributed by atoms with van der Waals surface area (Å²) in [5.41, 5.74) is 0. The summed E-state index contributed by atoms with van der Waals surface area (Å²) in [6.45, 7) is 5.13. The van der Waals surface area contributed by atoms with Crippen LogP contribution in [0.2, 0.25) is 0 Å². The summed E-state index contributed by atoms with van der Waals surface area (Å²) >= 11 is 0. The highest BCUT2D eigenvalue weighted by Gasteiger charge is 2.21. The molecular formula is C13H28N2O4S. The standard InChI is InChI=1S/C13H28N2O4S/c1-3-15(20(2,17)18)8-4-7-14-9-13(16)11-19-10-12-5-6-12/h12-14,16H,3-11H2,1-2H3. The van der Waals surface area contributed by atoms with E-state index in [0.29, 0.717) is 38.7 Å². The van der Waals surface area contributed by atoms with Crippen LogP contribution in [-0.4, -0.2) is 69.6 Å². The third kappa shape index (κ3) is 8.16. The lowest BCUT2D eigenvalue weighted by Gasteiger charge is -2.18. The number of hydrogen-bond acceptors (Lipinski definition) is 5. The van der Waals surface area contributed by atoms with E-state index in [1.54, 1.807) is 0 Å². The van der Waals surface area contributed by atoms with Crippen molar-refractivity contribution in [3.8, 4) is 0 Å². The van der Waals surface area contributed by atoms with E-state index in [2.05, 4.69) is 5.32 Å². The molecule has 1 saturated carbocycles. The fourth-order valence-electron chi connectivity index (χ4n) is 1.92. The van der Waals surface area contributed by atoms with E-state index < -0.39 is 16.1 Å². The molecular weight excluding hydrogens is 280 g/mol. The van der Waals surface area contributed by atoms with Gasteiger partial charge in [0.25, 0.3) is 0 Å². The lowest BCUT2D eigenvalue weighted by atomic mass is 10.3. The Morgan fingerprint density at radius 2 is 2.15 bits per heavy atom. The molecule has 2 N–H and O–H groups in total. The van der Waals surface area contributed by atoms with Gasteiger partial charge in [-0.2, -0.15) is 0 Å². The summed E-state index contributed by atoms with van der Waals surface area (Å²) in [6, 6.07) is 0. The summed E-state index contributed by atoms with van der Waals surface area (Å²) < 4.78 is 29.6. The summed E-state index contributed by atoms with van der Waals surface area (Å²) in [6.07, 6.45) is 3.97. The van der Waals surface area contributed by atoms with Gasteiger partial charge in [-0.1, -0.05) is 6.92 Å². The average molecular weight is 308 g/mol. The summed E-state index contributed by atoms with van der Waals surface area (Å²) in [5.74, 6) is 0.714. The summed E-state index contributed by atoms with van der Waals surface area (Å²) in [7, 11) is -3.10. The molecule has 1 fully saturated rings. The Bertz CT molecular complexity index is 357. The fraction of sp³-hybridized carbons (Fsp3) is 1.00. The van der Waals surface area contributed by atoms with Crippen LogP contribution in [0.3, 0.4) is 0 Å². The molecule has 0 heterocycles. The van der Waals surface area contributed by atoms with Gasteiger partial charge in [0, 0.05) is 26.2 Å². The first kappa shape index (κ1) is 17.8. The Hall–Kier alpha value is -0.210. The maximum Gasteiger partial charge on any atom is 0.211 e. The molecule has 0 aromatic heterocycles. The number of nitrogens with one attached hydrogen (secondary N) is 1. The first-order valence-corrected chi connectivity index (χ1v) is 9.20. The third-order valence-corrected chi connectivity index (χ3v) is 4.70. The number of nitrogens with zero attached hydrogens (tertiary/aromatic N) is 1. The molecule has 0 radical (unpaired) electrons. The molecule has 0 aromatic carbocycles. The molecule has 0 saturated heterocycles. The van der Waals surface area contributed by atoms with Gasteiger partial charge in [0.1, 0.15) is 0 Å². The van der Waals surface area contributed by atoms with E-state index in [1.165, 1.54) is 23.4 Å². The summed E-state index contributed by atoms with van der Waals surface area (Å²) in [5, 5.41) is 12.8. The van der Waals surface area contributed by atoms with Gasteiger partial charge in [-0.3, -0.25) is 0 Å². The van der Waals surface area contributed by atoms with Crippen LogP contribution < -0.4 is 5.32 Å². The minimum Gasteiger partial charge on any atom is -0.389 e. The first-order chi connectivity index (χ1) is 9.43. The largest absolute Gasteiger partial charge is 0.389 e. The van der Waals surface area contributed by atoms with E-state index in [0.717, 1.165) is 13.0 Å². The molecule has 7 heteroatoms. The van der Waals surface area contributed by atoms with Gasteiger partial charge in [0.15, 0.2) is 0 Å². The van der Waals surface area contributed by atoms with Crippen LogP contribution in [0.15, 0.2) is 0 Å². The van der Waals surface area contributed by atoms with E-state index >= 15 is 0 Å². The Balaban J connectivity index is 1.97. The van der Waals surface area contributed by atoms with Gasteiger partial charge >= 0.3 is 0 Å². The number of hydrogen-bond donors (Lipinski definition) is 2. The van der Waals surface area contributed by atoms with Crippen LogP contribution in [-0.2, 0) is 14.8 Å². The Morgan fingerprint density at radius 3 is 2.70 bits per heavy atom. The van der Waals surface area contributed by atoms with Crippen LogP contribution in [0.1, 0.15) is 26.2 Å². The van der Waals surface area contributed by atoms with E-state index in [-0.39, 0.29) is 0 Å². The van der Waals surface area contributed by atoms with Gasteiger partial charge in [-0.05, 0) is 31.7 Å². The van der Waals surface area contributed by atoms with E-state index in [1.807, 2.05) is 6.92 Å². The molecule has 0 aromatic rings. The van der Waals surface area contributed by atoms with Crippen molar-refractivity contribution in [1.29, 1.82) is 0 Å². The van der Waals surface area contributed by atoms with Crippen LogP contribution >= 0.6 is 0 Å². The molecule has 6 nitrogen and oxygen atoms in total. The second-order valence-corrected chi connectivity index (χ2v) is 7.43. The number of aliphatic hydroxyl groups is 1. The molecule has 1 atom stereocenters. The van der Waals surface area contributed by atoms with Crippen molar-refractivity contribution in [2.75, 3.05) is 45.6 Å². The molecule has 0 bridgehead atoms. The van der Waals surface area contributed by atoms with E-state index in [4.69, 9.17) is 4.74 Å². The maximum absolute atomic E-state index is 11.4. The molecule has 1 unspecified atom stereocenters. The van der Waals surface area contributed by atoms with Crippen molar-refractivity contribution in [2.24, 2.45) is 5.92 Å². The normalized spacial score (nSPS) is 17.6. The minimum absolute atomic E-state index is 0.369. The van der Waals surface area contributed by atoms with Crippen LogP contribution in [0.5, 0.6) is 0 Å². The zero-order chi connectivity index (χ0) is 15.0. The topological polar surface area (TPSA) is 78.9 Å². The lowest BCUT2D eigenvalue weighted by molar-refractivity contribution is 0.0326. The monoisotopic (exact) mass is 308 g/mol. The van der Waals surface area contributed by atoms with Gasteiger partial charge < -0.3 is 15.2 Å². The fourth-order valence-corrected chi connectivity index (χ4v) is 2.85. The molecule has 1 rings (SSSR count). The Kier molecular flexibility index (Phi) is 7.98. The SMILES string of the molecule is CCN(CCCNCC(O)COCC1CC1)S(C)(=O)=O. The number of ether oxygens (including phenoxy) is 1. The molecule has 20 heavy (non-hydrogen) atoms. The van der Waals surface area contributed by atoms with Crippen molar-refractivity contribution in [1.82, 2.24) is 9.62 Å². The lowest BCUT2D eigenvalue weighted by Crippen LogP contribution is -2.35. The van der Waals surface area contributed by atoms with Crippen molar-refractivity contribution < 1.29 is 18.3 Å². The van der Waals surface area contributed by atoms with Crippen molar-refractivity contribution >= 4 is 10.0 Å².